The van der Waals surface area contributed by atoms with Gasteiger partial charge in [-0.05, 0) is 110 Å². The number of carbonyl (C=O) groups is 2. The summed E-state index contributed by atoms with van der Waals surface area (Å²) >= 11 is 0. The zero-order chi connectivity index (χ0) is 44.1. The number of carbonyl (C=O) groups excluding carboxylic acids is 2. The van der Waals surface area contributed by atoms with E-state index >= 15 is 0 Å². The number of hydrogen-bond acceptors (Lipinski definition) is 8. The first-order valence-corrected chi connectivity index (χ1v) is 20.3. The van der Waals surface area contributed by atoms with Crippen LogP contribution in [0.15, 0.2) is 70.9 Å². The Balaban J connectivity index is 1.36. The smallest absolute Gasteiger partial charge is 0.240 e. The summed E-state index contributed by atoms with van der Waals surface area (Å²) in [5.41, 5.74) is 11.9. The van der Waals surface area contributed by atoms with Gasteiger partial charge in [-0.2, -0.15) is 10.2 Å². The van der Waals surface area contributed by atoms with Crippen molar-refractivity contribution in [1.29, 1.82) is 0 Å². The second-order valence-corrected chi connectivity index (χ2v) is 19.6. The number of phenols is 4. The molecule has 59 heavy (non-hydrogen) atoms. The highest BCUT2D eigenvalue weighted by Crippen LogP contribution is 2.41. The van der Waals surface area contributed by atoms with Crippen LogP contribution in [0.1, 0.15) is 152 Å². The lowest BCUT2D eigenvalue weighted by atomic mass is 9.78. The highest BCUT2D eigenvalue weighted by molar-refractivity contribution is 5.86. The number of phenolic OH excluding ortho intramolecular Hbond substituents is 4. The largest absolute Gasteiger partial charge is 0.507 e. The van der Waals surface area contributed by atoms with Gasteiger partial charge in [0.15, 0.2) is 0 Å². The highest BCUT2D eigenvalue weighted by Gasteiger charge is 2.28. The number of aryl methyl sites for hydroxylation is 2. The minimum absolute atomic E-state index is 0.00392. The van der Waals surface area contributed by atoms with E-state index in [0.29, 0.717) is 41.9 Å². The maximum Gasteiger partial charge on any atom is 0.240 e. The van der Waals surface area contributed by atoms with Crippen LogP contribution in [0.5, 0.6) is 23.0 Å². The summed E-state index contributed by atoms with van der Waals surface area (Å²) in [5, 5.41) is 51.3. The zero-order valence-electron chi connectivity index (χ0n) is 37.0. The van der Waals surface area contributed by atoms with E-state index < -0.39 is 0 Å². The van der Waals surface area contributed by atoms with Gasteiger partial charge < -0.3 is 20.4 Å². The van der Waals surface area contributed by atoms with Crippen molar-refractivity contribution in [3.8, 4) is 23.0 Å². The Bertz CT molecular complexity index is 2000. The van der Waals surface area contributed by atoms with Crippen molar-refractivity contribution in [2.45, 2.75) is 137 Å². The van der Waals surface area contributed by atoms with Gasteiger partial charge in [-0.15, -0.1) is 0 Å². The number of benzene rings is 4. The monoisotopic (exact) mass is 804 g/mol. The average Bonchev–Trinajstić information content (AvgIpc) is 3.11. The molecule has 0 saturated carbocycles. The molecular formula is C49H64N4O6. The number of rotatable bonds is 12. The van der Waals surface area contributed by atoms with Gasteiger partial charge in [-0.25, -0.2) is 10.9 Å². The molecule has 4 aromatic carbocycles. The second kappa shape index (κ2) is 18.1. The lowest BCUT2D eigenvalue weighted by molar-refractivity contribution is -0.121. The molecule has 0 aliphatic rings. The van der Waals surface area contributed by atoms with Crippen LogP contribution in [0.25, 0.3) is 0 Å². The molecule has 0 spiro atoms. The van der Waals surface area contributed by atoms with E-state index in [-0.39, 0.29) is 57.8 Å². The number of nitrogens with one attached hydrogen (secondary N) is 2. The Morgan fingerprint density at radius 2 is 0.797 bits per heavy atom. The SMILES string of the molecule is CC(C)(C)c1cc(CCC(=O)N/N=C/c2cc(Cc3ccc(O)c(/C=N/NC(=O)CCc4cc(C(C)(C)C)c(O)c(C(C)(C)C)c4)c3)ccc2O)cc(C(C)(C)C)c1O. The van der Waals surface area contributed by atoms with Gasteiger partial charge in [0.1, 0.15) is 23.0 Å². The van der Waals surface area contributed by atoms with Crippen molar-refractivity contribution in [2.24, 2.45) is 10.2 Å². The third-order valence-electron chi connectivity index (χ3n) is 10.2. The quantitative estimate of drug-likeness (QED) is 0.0617. The van der Waals surface area contributed by atoms with Crippen molar-refractivity contribution >= 4 is 24.2 Å². The summed E-state index contributed by atoms with van der Waals surface area (Å²) in [6.45, 7) is 24.6. The van der Waals surface area contributed by atoms with Crippen LogP contribution in [0.2, 0.25) is 0 Å². The first-order chi connectivity index (χ1) is 27.2. The molecule has 0 radical (unpaired) electrons. The number of hydrogen-bond donors (Lipinski definition) is 6. The van der Waals surface area contributed by atoms with E-state index in [1.807, 2.05) is 24.3 Å². The number of nitrogens with zero attached hydrogens (tertiary/aromatic N) is 2. The van der Waals surface area contributed by atoms with Gasteiger partial charge >= 0.3 is 0 Å². The van der Waals surface area contributed by atoms with Crippen LogP contribution in [-0.2, 0) is 50.5 Å². The molecule has 0 atom stereocenters. The van der Waals surface area contributed by atoms with E-state index in [9.17, 15) is 30.0 Å². The summed E-state index contributed by atoms with van der Waals surface area (Å²) < 4.78 is 0. The Morgan fingerprint density at radius 1 is 0.492 bits per heavy atom. The minimum Gasteiger partial charge on any atom is -0.507 e. The Morgan fingerprint density at radius 3 is 1.08 bits per heavy atom. The number of hydrazone groups is 2. The van der Waals surface area contributed by atoms with E-state index in [1.54, 1.807) is 36.4 Å². The van der Waals surface area contributed by atoms with Gasteiger partial charge in [0.25, 0.3) is 0 Å². The van der Waals surface area contributed by atoms with E-state index in [0.717, 1.165) is 44.5 Å². The summed E-state index contributed by atoms with van der Waals surface area (Å²) in [6, 6.07) is 18.1. The normalized spacial score (nSPS) is 12.7. The molecule has 4 rings (SSSR count). The van der Waals surface area contributed by atoms with Crippen molar-refractivity contribution in [3.63, 3.8) is 0 Å². The third-order valence-corrected chi connectivity index (χ3v) is 10.2. The molecule has 4 aromatic rings. The molecule has 10 heteroatoms. The standard InChI is InChI=1S/C49H64N4O6/c1-46(2,3)36-24-32(25-37(44(36)58)47(4,5)6)15-19-42(56)52-50-28-34-22-30(13-17-40(34)54)21-31-14-18-41(55)35(23-31)29-51-53-43(57)20-16-33-26-38(48(7,8)9)45(59)39(27-33)49(10,11)12/h13-14,17-18,22-29,54-55,58-59H,15-16,19-21H2,1-12H3,(H,52,56)(H,53,57)/b50-28+,51-29+. The molecule has 2 amide bonds. The van der Waals surface area contributed by atoms with E-state index in [2.05, 4.69) is 104 Å². The van der Waals surface area contributed by atoms with Crippen LogP contribution < -0.4 is 10.9 Å². The van der Waals surface area contributed by atoms with Gasteiger partial charge in [-0.1, -0.05) is 119 Å². The van der Waals surface area contributed by atoms with Gasteiger partial charge in [0.2, 0.25) is 11.8 Å². The molecule has 0 heterocycles. The van der Waals surface area contributed by atoms with Crippen LogP contribution in [0.3, 0.4) is 0 Å². The average molecular weight is 805 g/mol. The first kappa shape index (κ1) is 46.1. The number of aromatic hydroxyl groups is 4. The van der Waals surface area contributed by atoms with Crippen LogP contribution in [0.4, 0.5) is 0 Å². The predicted octanol–water partition coefficient (Wildman–Crippen LogP) is 9.46. The third kappa shape index (κ3) is 12.7. The van der Waals surface area contributed by atoms with Crippen molar-refractivity contribution < 1.29 is 30.0 Å². The summed E-state index contributed by atoms with van der Waals surface area (Å²) in [5.74, 6) is 0.0451. The fourth-order valence-electron chi connectivity index (χ4n) is 6.81. The fourth-order valence-corrected chi connectivity index (χ4v) is 6.81. The Hall–Kier alpha value is -5.64. The molecule has 0 bridgehead atoms. The summed E-state index contributed by atoms with van der Waals surface area (Å²) in [4.78, 5) is 25.6. The molecule has 0 unspecified atom stereocenters. The van der Waals surface area contributed by atoms with E-state index in [4.69, 9.17) is 0 Å². The van der Waals surface area contributed by atoms with Gasteiger partial charge in [-0.3, -0.25) is 9.59 Å². The van der Waals surface area contributed by atoms with Crippen molar-refractivity contribution in [2.75, 3.05) is 0 Å². The molecule has 0 fully saturated rings. The predicted molar refractivity (Wildman–Crippen MR) is 238 cm³/mol. The van der Waals surface area contributed by atoms with Crippen molar-refractivity contribution in [3.05, 3.63) is 116 Å². The Kier molecular flexibility index (Phi) is 14.1. The fraction of sp³-hybridized carbons (Fsp3) is 0.429. The lowest BCUT2D eigenvalue weighted by Gasteiger charge is -2.28. The molecule has 316 valence electrons. The molecule has 10 nitrogen and oxygen atoms in total. The molecule has 0 aliphatic heterocycles. The van der Waals surface area contributed by atoms with E-state index in [1.165, 1.54) is 12.4 Å². The van der Waals surface area contributed by atoms with Crippen molar-refractivity contribution in [1.82, 2.24) is 10.9 Å². The van der Waals surface area contributed by atoms with Crippen LogP contribution in [0, 0.1) is 0 Å². The molecule has 6 N–H and O–H groups in total. The maximum absolute atomic E-state index is 12.8. The second-order valence-electron chi connectivity index (χ2n) is 19.6. The van der Waals surface area contributed by atoms with Gasteiger partial charge in [0, 0.05) is 24.0 Å². The number of amides is 2. The highest BCUT2D eigenvalue weighted by atomic mass is 16.3. The molecule has 0 saturated heterocycles. The Labute approximate surface area is 350 Å². The minimum atomic E-state index is -0.282. The molecule has 0 aromatic heterocycles. The zero-order valence-corrected chi connectivity index (χ0v) is 37.0. The topological polar surface area (TPSA) is 164 Å². The summed E-state index contributed by atoms with van der Waals surface area (Å²) in [6.07, 6.45) is 4.58. The van der Waals surface area contributed by atoms with Crippen LogP contribution in [-0.4, -0.2) is 44.7 Å². The van der Waals surface area contributed by atoms with Gasteiger partial charge in [0.05, 0.1) is 12.4 Å². The maximum atomic E-state index is 12.8. The lowest BCUT2D eigenvalue weighted by Crippen LogP contribution is -2.20. The van der Waals surface area contributed by atoms with Crippen LogP contribution >= 0.6 is 0 Å². The first-order valence-electron chi connectivity index (χ1n) is 20.3. The summed E-state index contributed by atoms with van der Waals surface area (Å²) in [7, 11) is 0. The molecular weight excluding hydrogens is 741 g/mol. The molecule has 0 aliphatic carbocycles.